The molecule has 18 heavy (non-hydrogen) atoms. The monoisotopic (exact) mass is 260 g/mol. The van der Waals surface area contributed by atoms with Crippen LogP contribution in [-0.4, -0.2) is 17.5 Å². The van der Waals surface area contributed by atoms with Crippen LogP contribution in [0.3, 0.4) is 0 Å². The highest BCUT2D eigenvalue weighted by molar-refractivity contribution is 7.09. The van der Waals surface area contributed by atoms with Crippen molar-refractivity contribution < 1.29 is 4.79 Å². The fourth-order valence-electron chi connectivity index (χ4n) is 1.64. The molecule has 2 rings (SSSR count). The van der Waals surface area contributed by atoms with Crippen LogP contribution in [-0.2, 0) is 6.54 Å². The van der Waals surface area contributed by atoms with Crippen molar-refractivity contribution in [1.82, 2.24) is 4.90 Å². The first-order chi connectivity index (χ1) is 8.79. The number of amides is 2. The van der Waals surface area contributed by atoms with Gasteiger partial charge >= 0.3 is 6.03 Å². The molecule has 3 nitrogen and oxygen atoms in total. The number of nitrogens with zero attached hydrogens (tertiary/aromatic N) is 1. The summed E-state index contributed by atoms with van der Waals surface area (Å²) in [4.78, 5) is 15.1. The average molecular weight is 260 g/mol. The van der Waals surface area contributed by atoms with Crippen LogP contribution < -0.4 is 5.32 Å². The van der Waals surface area contributed by atoms with Gasteiger partial charge in [-0.15, -0.1) is 11.3 Å². The van der Waals surface area contributed by atoms with E-state index in [9.17, 15) is 4.79 Å². The molecule has 0 saturated carbocycles. The molecule has 0 fully saturated rings. The van der Waals surface area contributed by atoms with E-state index in [1.807, 2.05) is 54.8 Å². The van der Waals surface area contributed by atoms with Crippen molar-refractivity contribution in [2.75, 3.05) is 11.9 Å². The number of anilines is 1. The summed E-state index contributed by atoms with van der Waals surface area (Å²) < 4.78 is 0. The van der Waals surface area contributed by atoms with Gasteiger partial charge in [-0.1, -0.05) is 24.3 Å². The van der Waals surface area contributed by atoms with E-state index in [4.69, 9.17) is 0 Å². The van der Waals surface area contributed by atoms with Gasteiger partial charge in [-0.3, -0.25) is 0 Å². The van der Waals surface area contributed by atoms with Gasteiger partial charge in [0, 0.05) is 17.1 Å². The smallest absolute Gasteiger partial charge is 0.320 e. The van der Waals surface area contributed by atoms with E-state index >= 15 is 0 Å². The Bertz CT molecular complexity index is 482. The average Bonchev–Trinajstić information content (AvgIpc) is 2.90. The number of urea groups is 1. The highest BCUT2D eigenvalue weighted by Crippen LogP contribution is 2.13. The molecule has 0 unspecified atom stereocenters. The van der Waals surface area contributed by atoms with Crippen LogP contribution in [0, 0.1) is 0 Å². The quantitative estimate of drug-likeness (QED) is 0.891. The molecule has 0 aliphatic heterocycles. The third kappa shape index (κ3) is 3.34. The molecule has 0 bridgehead atoms. The lowest BCUT2D eigenvalue weighted by atomic mass is 10.3. The molecule has 2 aromatic rings. The summed E-state index contributed by atoms with van der Waals surface area (Å²) in [6.45, 7) is 3.33. The predicted molar refractivity (Wildman–Crippen MR) is 75.9 cm³/mol. The lowest BCUT2D eigenvalue weighted by Gasteiger charge is -2.20. The maximum atomic E-state index is 12.1. The van der Waals surface area contributed by atoms with Gasteiger partial charge in [0.2, 0.25) is 0 Å². The van der Waals surface area contributed by atoms with E-state index in [-0.39, 0.29) is 6.03 Å². The molecule has 0 aliphatic rings. The van der Waals surface area contributed by atoms with Gasteiger partial charge in [0.15, 0.2) is 0 Å². The SMILES string of the molecule is CCN(Cc1cccs1)C(=O)Nc1ccccc1. The van der Waals surface area contributed by atoms with Crippen molar-refractivity contribution >= 4 is 23.1 Å². The summed E-state index contributed by atoms with van der Waals surface area (Å²) >= 11 is 1.67. The molecule has 0 radical (unpaired) electrons. The zero-order valence-electron chi connectivity index (χ0n) is 10.3. The van der Waals surface area contributed by atoms with Crippen molar-refractivity contribution in [2.45, 2.75) is 13.5 Å². The van der Waals surface area contributed by atoms with Gasteiger partial charge in [0.25, 0.3) is 0 Å². The molecule has 0 saturated heterocycles. The Morgan fingerprint density at radius 1 is 1.22 bits per heavy atom. The fourth-order valence-corrected chi connectivity index (χ4v) is 2.36. The minimum atomic E-state index is -0.0582. The topological polar surface area (TPSA) is 32.3 Å². The molecule has 0 atom stereocenters. The molecular weight excluding hydrogens is 244 g/mol. The summed E-state index contributed by atoms with van der Waals surface area (Å²) in [5.74, 6) is 0. The van der Waals surface area contributed by atoms with Crippen LogP contribution in [0.4, 0.5) is 10.5 Å². The van der Waals surface area contributed by atoms with Crippen molar-refractivity contribution in [1.29, 1.82) is 0 Å². The number of hydrogen-bond acceptors (Lipinski definition) is 2. The third-order valence-electron chi connectivity index (χ3n) is 2.62. The van der Waals surface area contributed by atoms with E-state index in [1.54, 1.807) is 16.2 Å². The maximum absolute atomic E-state index is 12.1. The van der Waals surface area contributed by atoms with Crippen LogP contribution in [0.15, 0.2) is 47.8 Å². The highest BCUT2D eigenvalue weighted by Gasteiger charge is 2.12. The number of para-hydroxylation sites is 1. The van der Waals surface area contributed by atoms with Crippen molar-refractivity contribution in [3.05, 3.63) is 52.7 Å². The Labute approximate surface area is 111 Å². The summed E-state index contributed by atoms with van der Waals surface area (Å²) in [5.41, 5.74) is 0.826. The molecule has 2 amide bonds. The molecule has 0 spiro atoms. The third-order valence-corrected chi connectivity index (χ3v) is 3.48. The Kier molecular flexibility index (Phi) is 4.36. The first-order valence-electron chi connectivity index (χ1n) is 5.93. The number of carbonyl (C=O) groups is 1. The Hall–Kier alpha value is -1.81. The fraction of sp³-hybridized carbons (Fsp3) is 0.214. The Balaban J connectivity index is 1.98. The summed E-state index contributed by atoms with van der Waals surface area (Å²) in [6.07, 6.45) is 0. The van der Waals surface area contributed by atoms with E-state index in [0.717, 1.165) is 5.69 Å². The molecule has 1 heterocycles. The lowest BCUT2D eigenvalue weighted by molar-refractivity contribution is 0.212. The first-order valence-corrected chi connectivity index (χ1v) is 6.81. The molecule has 1 N–H and O–H groups in total. The Morgan fingerprint density at radius 2 is 2.00 bits per heavy atom. The second-order valence-corrected chi connectivity index (χ2v) is 4.92. The standard InChI is InChI=1S/C14H16N2OS/c1-2-16(11-13-9-6-10-18-13)14(17)15-12-7-4-3-5-8-12/h3-10H,2,11H2,1H3,(H,15,17). The van der Waals surface area contributed by atoms with Gasteiger partial charge < -0.3 is 10.2 Å². The normalized spacial score (nSPS) is 10.1. The zero-order chi connectivity index (χ0) is 12.8. The molecule has 0 aliphatic carbocycles. The summed E-state index contributed by atoms with van der Waals surface area (Å²) in [7, 11) is 0. The van der Waals surface area contributed by atoms with E-state index < -0.39 is 0 Å². The Morgan fingerprint density at radius 3 is 2.61 bits per heavy atom. The van der Waals surface area contributed by atoms with E-state index in [0.29, 0.717) is 13.1 Å². The van der Waals surface area contributed by atoms with Crippen LogP contribution >= 0.6 is 11.3 Å². The van der Waals surface area contributed by atoms with Crippen LogP contribution in [0.2, 0.25) is 0 Å². The minimum Gasteiger partial charge on any atom is -0.320 e. The number of hydrogen-bond donors (Lipinski definition) is 1. The number of rotatable bonds is 4. The van der Waals surface area contributed by atoms with Crippen LogP contribution in [0.25, 0.3) is 0 Å². The van der Waals surface area contributed by atoms with Gasteiger partial charge in [-0.05, 0) is 30.5 Å². The predicted octanol–water partition coefficient (Wildman–Crippen LogP) is 3.80. The number of benzene rings is 1. The molecule has 1 aromatic heterocycles. The van der Waals surface area contributed by atoms with Crippen molar-refractivity contribution in [2.24, 2.45) is 0 Å². The molecular formula is C14H16N2OS. The molecule has 4 heteroatoms. The van der Waals surface area contributed by atoms with Gasteiger partial charge in [-0.25, -0.2) is 4.79 Å². The van der Waals surface area contributed by atoms with Crippen molar-refractivity contribution in [3.63, 3.8) is 0 Å². The number of nitrogens with one attached hydrogen (secondary N) is 1. The summed E-state index contributed by atoms with van der Waals surface area (Å²) in [6, 6.07) is 13.5. The zero-order valence-corrected chi connectivity index (χ0v) is 11.1. The van der Waals surface area contributed by atoms with Gasteiger partial charge in [0.1, 0.15) is 0 Å². The molecule has 94 valence electrons. The van der Waals surface area contributed by atoms with Crippen molar-refractivity contribution in [3.8, 4) is 0 Å². The number of thiophene rings is 1. The number of carbonyl (C=O) groups excluding carboxylic acids is 1. The van der Waals surface area contributed by atoms with Crippen LogP contribution in [0.1, 0.15) is 11.8 Å². The molecule has 1 aromatic carbocycles. The van der Waals surface area contributed by atoms with Gasteiger partial charge in [-0.2, -0.15) is 0 Å². The summed E-state index contributed by atoms with van der Waals surface area (Å²) in [5, 5.41) is 4.92. The van der Waals surface area contributed by atoms with Crippen LogP contribution in [0.5, 0.6) is 0 Å². The maximum Gasteiger partial charge on any atom is 0.322 e. The largest absolute Gasteiger partial charge is 0.322 e. The van der Waals surface area contributed by atoms with Gasteiger partial charge in [0.05, 0.1) is 6.54 Å². The second kappa shape index (κ2) is 6.21. The minimum absolute atomic E-state index is 0.0582. The lowest BCUT2D eigenvalue weighted by Crippen LogP contribution is -2.33. The second-order valence-electron chi connectivity index (χ2n) is 3.89. The van der Waals surface area contributed by atoms with E-state index in [2.05, 4.69) is 5.32 Å². The first kappa shape index (κ1) is 12.6. The van der Waals surface area contributed by atoms with E-state index in [1.165, 1.54) is 4.88 Å². The highest BCUT2D eigenvalue weighted by atomic mass is 32.1.